The fourth-order valence-electron chi connectivity index (χ4n) is 2.33. The summed E-state index contributed by atoms with van der Waals surface area (Å²) in [5.41, 5.74) is 3.60. The zero-order valence-corrected chi connectivity index (χ0v) is 13.9. The molecule has 1 aliphatic rings. The van der Waals surface area contributed by atoms with Gasteiger partial charge in [-0.05, 0) is 35.9 Å². The van der Waals surface area contributed by atoms with E-state index < -0.39 is 17.8 Å². The Morgan fingerprint density at radius 2 is 1.88 bits per heavy atom. The normalized spacial score (nSPS) is 15.4. The number of halogens is 1. The van der Waals surface area contributed by atoms with E-state index in [2.05, 4.69) is 5.43 Å². The van der Waals surface area contributed by atoms with Crippen LogP contribution in [0.15, 0.2) is 54.1 Å². The molecule has 126 valence electrons. The lowest BCUT2D eigenvalue weighted by Gasteiger charge is -2.13. The van der Waals surface area contributed by atoms with Gasteiger partial charge in [0.05, 0.1) is 10.7 Å². The minimum absolute atomic E-state index is 0.0137. The van der Waals surface area contributed by atoms with Crippen molar-refractivity contribution in [1.82, 2.24) is 5.43 Å². The summed E-state index contributed by atoms with van der Waals surface area (Å²) in [6.45, 7) is 1.27. The van der Waals surface area contributed by atoms with Gasteiger partial charge in [0.1, 0.15) is 11.3 Å². The number of hydrazine groups is 1. The molecule has 25 heavy (non-hydrogen) atoms. The molecule has 0 spiro atoms. The summed E-state index contributed by atoms with van der Waals surface area (Å²) in [5.74, 6) is -1.24. The maximum Gasteiger partial charge on any atom is 0.308 e. The van der Waals surface area contributed by atoms with Crippen LogP contribution in [-0.2, 0) is 14.4 Å². The standard InChI is InChI=1S/C18H13ClN2O4/c1-11(22)25-16-8-7-12(10-15(16)19)9-14-17(23)20-21(18(14)24)13-5-3-2-4-6-13/h2-10H,1H3,(H,20,23). The van der Waals surface area contributed by atoms with Gasteiger partial charge in [-0.15, -0.1) is 0 Å². The number of esters is 1. The molecule has 0 atom stereocenters. The van der Waals surface area contributed by atoms with Crippen molar-refractivity contribution in [3.05, 3.63) is 64.7 Å². The first-order chi connectivity index (χ1) is 12.0. The van der Waals surface area contributed by atoms with Crippen LogP contribution < -0.4 is 15.2 Å². The van der Waals surface area contributed by atoms with Gasteiger partial charge < -0.3 is 4.74 Å². The summed E-state index contributed by atoms with van der Waals surface area (Å²) in [4.78, 5) is 35.6. The number of rotatable bonds is 3. The predicted octanol–water partition coefficient (Wildman–Crippen LogP) is 2.73. The highest BCUT2D eigenvalue weighted by Gasteiger charge is 2.34. The molecule has 7 heteroatoms. The number of amides is 2. The molecule has 1 fully saturated rings. The number of anilines is 1. The van der Waals surface area contributed by atoms with Crippen molar-refractivity contribution in [2.24, 2.45) is 0 Å². The Hall–Kier alpha value is -3.12. The van der Waals surface area contributed by atoms with Crippen molar-refractivity contribution in [2.75, 3.05) is 5.01 Å². The molecule has 0 radical (unpaired) electrons. The number of nitrogens with zero attached hydrogens (tertiary/aromatic N) is 1. The lowest BCUT2D eigenvalue weighted by molar-refractivity contribution is -0.131. The predicted molar refractivity (Wildman–Crippen MR) is 92.8 cm³/mol. The molecular formula is C18H13ClN2O4. The Labute approximate surface area is 148 Å². The number of nitrogens with one attached hydrogen (secondary N) is 1. The fourth-order valence-corrected chi connectivity index (χ4v) is 2.55. The minimum Gasteiger partial charge on any atom is -0.425 e. The number of carbonyl (C=O) groups is 3. The smallest absolute Gasteiger partial charge is 0.308 e. The molecule has 3 rings (SSSR count). The van der Waals surface area contributed by atoms with Crippen LogP contribution in [0.1, 0.15) is 12.5 Å². The van der Waals surface area contributed by atoms with Crippen molar-refractivity contribution in [2.45, 2.75) is 6.92 Å². The topological polar surface area (TPSA) is 75.7 Å². The van der Waals surface area contributed by atoms with Gasteiger partial charge in [-0.3, -0.25) is 19.8 Å². The van der Waals surface area contributed by atoms with Gasteiger partial charge in [-0.2, -0.15) is 0 Å². The van der Waals surface area contributed by atoms with Crippen molar-refractivity contribution in [3.63, 3.8) is 0 Å². The van der Waals surface area contributed by atoms with E-state index in [1.54, 1.807) is 30.3 Å². The van der Waals surface area contributed by atoms with E-state index in [-0.39, 0.29) is 16.3 Å². The van der Waals surface area contributed by atoms with Gasteiger partial charge in [-0.25, -0.2) is 5.01 Å². The number of benzene rings is 2. The largest absolute Gasteiger partial charge is 0.425 e. The molecule has 0 bridgehead atoms. The van der Waals surface area contributed by atoms with E-state index in [9.17, 15) is 14.4 Å². The molecule has 2 aromatic carbocycles. The third-order valence-corrected chi connectivity index (χ3v) is 3.72. The Balaban J connectivity index is 1.88. The number of ether oxygens (including phenoxy) is 1. The molecule has 0 aliphatic carbocycles. The monoisotopic (exact) mass is 356 g/mol. The first-order valence-corrected chi connectivity index (χ1v) is 7.73. The van der Waals surface area contributed by atoms with E-state index in [0.29, 0.717) is 11.3 Å². The van der Waals surface area contributed by atoms with Crippen molar-refractivity contribution in [3.8, 4) is 5.75 Å². The Morgan fingerprint density at radius 1 is 1.16 bits per heavy atom. The molecule has 6 nitrogen and oxygen atoms in total. The van der Waals surface area contributed by atoms with Crippen molar-refractivity contribution in [1.29, 1.82) is 0 Å². The Bertz CT molecular complexity index is 893. The van der Waals surface area contributed by atoms with Gasteiger partial charge in [0.2, 0.25) is 0 Å². The SMILES string of the molecule is CC(=O)Oc1ccc(C=C2C(=O)NN(c3ccccc3)C2=O)cc1Cl. The first kappa shape index (κ1) is 16.7. The molecule has 1 saturated heterocycles. The quantitative estimate of drug-likeness (QED) is 0.397. The molecule has 2 aromatic rings. The van der Waals surface area contributed by atoms with E-state index in [1.165, 1.54) is 30.1 Å². The zero-order valence-electron chi connectivity index (χ0n) is 13.2. The summed E-state index contributed by atoms with van der Waals surface area (Å²) < 4.78 is 4.94. The van der Waals surface area contributed by atoms with E-state index >= 15 is 0 Å². The van der Waals surface area contributed by atoms with E-state index in [4.69, 9.17) is 16.3 Å². The molecular weight excluding hydrogens is 344 g/mol. The maximum atomic E-state index is 12.5. The fraction of sp³-hybridized carbons (Fsp3) is 0.0556. The van der Waals surface area contributed by atoms with Crippen molar-refractivity contribution < 1.29 is 19.1 Å². The second kappa shape index (κ2) is 6.78. The highest BCUT2D eigenvalue weighted by Crippen LogP contribution is 2.27. The van der Waals surface area contributed by atoms with Gasteiger partial charge in [0, 0.05) is 6.92 Å². The van der Waals surface area contributed by atoms with E-state index in [1.807, 2.05) is 6.07 Å². The molecule has 1 aliphatic heterocycles. The lowest BCUT2D eigenvalue weighted by atomic mass is 10.1. The van der Waals surface area contributed by atoms with Crippen LogP contribution in [0.5, 0.6) is 5.75 Å². The lowest BCUT2D eigenvalue weighted by Crippen LogP contribution is -2.35. The van der Waals surface area contributed by atoms with Crippen LogP contribution in [0.3, 0.4) is 0 Å². The van der Waals surface area contributed by atoms with Crippen LogP contribution in [0.25, 0.3) is 6.08 Å². The number of hydrogen-bond donors (Lipinski definition) is 1. The first-order valence-electron chi connectivity index (χ1n) is 7.36. The van der Waals surface area contributed by atoms with Crippen LogP contribution in [0.2, 0.25) is 5.02 Å². The molecule has 1 N–H and O–H groups in total. The second-order valence-corrected chi connectivity index (χ2v) is 5.67. The molecule has 2 amide bonds. The van der Waals surface area contributed by atoms with Gasteiger partial charge in [0.15, 0.2) is 0 Å². The number of para-hydroxylation sites is 1. The third kappa shape index (κ3) is 3.54. The summed E-state index contributed by atoms with van der Waals surface area (Å²) in [6.07, 6.45) is 1.43. The maximum absolute atomic E-state index is 12.5. The van der Waals surface area contributed by atoms with Crippen LogP contribution in [-0.4, -0.2) is 17.8 Å². The number of carbonyl (C=O) groups excluding carboxylic acids is 3. The van der Waals surface area contributed by atoms with Gasteiger partial charge >= 0.3 is 5.97 Å². The summed E-state index contributed by atoms with van der Waals surface area (Å²) in [6, 6.07) is 13.4. The molecule has 0 aromatic heterocycles. The summed E-state index contributed by atoms with van der Waals surface area (Å²) in [7, 11) is 0. The van der Waals surface area contributed by atoms with E-state index in [0.717, 1.165) is 0 Å². The van der Waals surface area contributed by atoms with Gasteiger partial charge in [0.25, 0.3) is 11.8 Å². The third-order valence-electron chi connectivity index (χ3n) is 3.43. The second-order valence-electron chi connectivity index (χ2n) is 5.26. The zero-order chi connectivity index (χ0) is 18.0. The summed E-state index contributed by atoms with van der Waals surface area (Å²) in [5, 5.41) is 1.39. The average molecular weight is 357 g/mol. The van der Waals surface area contributed by atoms with Crippen molar-refractivity contribution >= 4 is 41.1 Å². The molecule has 0 saturated carbocycles. The van der Waals surface area contributed by atoms with Crippen LogP contribution in [0, 0.1) is 0 Å². The van der Waals surface area contributed by atoms with Crippen LogP contribution in [0.4, 0.5) is 5.69 Å². The molecule has 0 unspecified atom stereocenters. The Kier molecular flexibility index (Phi) is 4.54. The number of hydrogen-bond acceptors (Lipinski definition) is 4. The molecule has 1 heterocycles. The van der Waals surface area contributed by atoms with Crippen LogP contribution >= 0.6 is 11.6 Å². The Morgan fingerprint density at radius 3 is 2.52 bits per heavy atom. The minimum atomic E-state index is -0.506. The highest BCUT2D eigenvalue weighted by atomic mass is 35.5. The highest BCUT2D eigenvalue weighted by molar-refractivity contribution is 6.33. The average Bonchev–Trinajstić information content (AvgIpc) is 2.86. The van der Waals surface area contributed by atoms with Gasteiger partial charge in [-0.1, -0.05) is 35.9 Å². The summed E-state index contributed by atoms with van der Waals surface area (Å²) >= 11 is 6.05.